The summed E-state index contributed by atoms with van der Waals surface area (Å²) in [5.74, 6) is 1.20. The normalized spacial score (nSPS) is 14.2. The first-order valence-corrected chi connectivity index (χ1v) is 6.87. The van der Waals surface area contributed by atoms with Crippen LogP contribution in [0.3, 0.4) is 0 Å². The number of nitrogens with zero attached hydrogens (tertiary/aromatic N) is 1. The Kier molecular flexibility index (Phi) is 6.03. The van der Waals surface area contributed by atoms with E-state index in [1.54, 1.807) is 7.11 Å². The Morgan fingerprint density at radius 3 is 2.53 bits per heavy atom. The van der Waals surface area contributed by atoms with Crippen LogP contribution in [0.4, 0.5) is 0 Å². The van der Waals surface area contributed by atoms with Gasteiger partial charge in [-0.3, -0.25) is 9.69 Å². The molecule has 0 amide bonds. The molecule has 2 atom stereocenters. The number of carbonyl (C=O) groups excluding carboxylic acids is 1. The third kappa shape index (κ3) is 4.06. The van der Waals surface area contributed by atoms with E-state index in [1.807, 2.05) is 39.1 Å². The molecule has 0 saturated heterocycles. The molecule has 0 radical (unpaired) electrons. The zero-order valence-electron chi connectivity index (χ0n) is 12.6. The van der Waals surface area contributed by atoms with Crippen LogP contribution < -0.4 is 4.74 Å². The maximum Gasteiger partial charge on any atom is 0.149 e. The smallest absolute Gasteiger partial charge is 0.149 e. The van der Waals surface area contributed by atoms with E-state index in [-0.39, 0.29) is 11.8 Å². The maximum atomic E-state index is 11.8. The van der Waals surface area contributed by atoms with Crippen LogP contribution in [0.25, 0.3) is 0 Å². The minimum absolute atomic E-state index is 0.0327. The molecule has 19 heavy (non-hydrogen) atoms. The fourth-order valence-corrected chi connectivity index (χ4v) is 2.24. The average Bonchev–Trinajstić information content (AvgIpc) is 2.45. The van der Waals surface area contributed by atoms with E-state index < -0.39 is 0 Å². The molecule has 3 heteroatoms. The van der Waals surface area contributed by atoms with E-state index in [1.165, 1.54) is 5.56 Å². The number of carbonyl (C=O) groups is 1. The third-order valence-corrected chi connectivity index (χ3v) is 3.83. The number of hydrogen-bond acceptors (Lipinski definition) is 3. The minimum atomic E-state index is -0.0327. The Balaban J connectivity index is 2.73. The number of rotatable bonds is 7. The van der Waals surface area contributed by atoms with Crippen molar-refractivity contribution in [2.24, 2.45) is 0 Å². The van der Waals surface area contributed by atoms with E-state index in [2.05, 4.69) is 17.9 Å². The van der Waals surface area contributed by atoms with Crippen LogP contribution in [0.2, 0.25) is 0 Å². The Hall–Kier alpha value is -1.35. The third-order valence-electron chi connectivity index (χ3n) is 3.83. The molecule has 0 fully saturated rings. The fourth-order valence-electron chi connectivity index (χ4n) is 2.24. The van der Waals surface area contributed by atoms with Crippen LogP contribution in [0, 0.1) is 0 Å². The Morgan fingerprint density at radius 2 is 1.95 bits per heavy atom. The van der Waals surface area contributed by atoms with Gasteiger partial charge in [0, 0.05) is 12.5 Å². The van der Waals surface area contributed by atoms with E-state index >= 15 is 0 Å². The van der Waals surface area contributed by atoms with Crippen molar-refractivity contribution in [3.05, 3.63) is 29.8 Å². The lowest BCUT2D eigenvalue weighted by molar-refractivity contribution is -0.123. The maximum absolute atomic E-state index is 11.8. The summed E-state index contributed by atoms with van der Waals surface area (Å²) < 4.78 is 5.37. The van der Waals surface area contributed by atoms with E-state index in [0.717, 1.165) is 12.2 Å². The van der Waals surface area contributed by atoms with Crippen LogP contribution >= 0.6 is 0 Å². The summed E-state index contributed by atoms with van der Waals surface area (Å²) in [5, 5.41) is 0. The van der Waals surface area contributed by atoms with Gasteiger partial charge in [0.05, 0.1) is 13.2 Å². The summed E-state index contributed by atoms with van der Waals surface area (Å²) >= 11 is 0. The van der Waals surface area contributed by atoms with Crippen molar-refractivity contribution in [1.29, 1.82) is 0 Å². The Labute approximate surface area is 116 Å². The van der Waals surface area contributed by atoms with Crippen LogP contribution in [-0.4, -0.2) is 36.9 Å². The number of Topliss-reactive ketones (excluding diaryl/α,β-unsaturated/α-hetero) is 1. The number of ketones is 1. The Morgan fingerprint density at radius 1 is 1.32 bits per heavy atom. The van der Waals surface area contributed by atoms with Crippen molar-refractivity contribution in [1.82, 2.24) is 4.90 Å². The van der Waals surface area contributed by atoms with Gasteiger partial charge in [-0.15, -0.1) is 0 Å². The van der Waals surface area contributed by atoms with Gasteiger partial charge in [-0.05, 0) is 38.9 Å². The first-order valence-electron chi connectivity index (χ1n) is 6.87. The van der Waals surface area contributed by atoms with Crippen LogP contribution in [0.1, 0.15) is 32.8 Å². The molecule has 0 heterocycles. The van der Waals surface area contributed by atoms with Crippen molar-refractivity contribution >= 4 is 5.78 Å². The second kappa shape index (κ2) is 7.29. The van der Waals surface area contributed by atoms with Crippen molar-refractivity contribution in [3.8, 4) is 5.75 Å². The molecule has 0 aliphatic heterocycles. The minimum Gasteiger partial charge on any atom is -0.496 e. The molecule has 0 bridgehead atoms. The SMILES string of the molecule is CCC(=O)C(C)N(C)C(C)Cc1ccccc1OC. The standard InChI is InChI=1S/C16H25NO2/c1-6-15(18)13(3)17(4)12(2)11-14-9-7-8-10-16(14)19-5/h7-10,12-13H,6,11H2,1-5H3. The predicted octanol–water partition coefficient (Wildman–Crippen LogP) is 2.93. The van der Waals surface area contributed by atoms with Crippen LogP contribution in [-0.2, 0) is 11.2 Å². The molecule has 0 aromatic heterocycles. The number of hydrogen-bond donors (Lipinski definition) is 0. The second-order valence-electron chi connectivity index (χ2n) is 5.03. The zero-order chi connectivity index (χ0) is 14.4. The highest BCUT2D eigenvalue weighted by molar-refractivity contribution is 5.83. The molecule has 106 valence electrons. The Bertz CT molecular complexity index is 417. The van der Waals surface area contributed by atoms with Crippen LogP contribution in [0.5, 0.6) is 5.75 Å². The number of para-hydroxylation sites is 1. The highest BCUT2D eigenvalue weighted by Crippen LogP contribution is 2.21. The quantitative estimate of drug-likeness (QED) is 0.757. The van der Waals surface area contributed by atoms with Gasteiger partial charge < -0.3 is 4.74 Å². The van der Waals surface area contributed by atoms with Gasteiger partial charge in [0.2, 0.25) is 0 Å². The second-order valence-corrected chi connectivity index (χ2v) is 5.03. The number of benzene rings is 1. The topological polar surface area (TPSA) is 29.5 Å². The van der Waals surface area contributed by atoms with Gasteiger partial charge in [-0.2, -0.15) is 0 Å². The first kappa shape index (κ1) is 15.7. The summed E-state index contributed by atoms with van der Waals surface area (Å²) in [6, 6.07) is 8.31. The van der Waals surface area contributed by atoms with E-state index in [9.17, 15) is 4.79 Å². The lowest BCUT2D eigenvalue weighted by Gasteiger charge is -2.30. The molecule has 1 aromatic carbocycles. The monoisotopic (exact) mass is 263 g/mol. The van der Waals surface area contributed by atoms with E-state index in [4.69, 9.17) is 4.74 Å². The molecule has 1 rings (SSSR count). The molecule has 0 N–H and O–H groups in total. The molecular formula is C16H25NO2. The molecular weight excluding hydrogens is 238 g/mol. The largest absolute Gasteiger partial charge is 0.496 e. The zero-order valence-corrected chi connectivity index (χ0v) is 12.6. The van der Waals surface area contributed by atoms with Gasteiger partial charge in [-0.25, -0.2) is 0 Å². The molecule has 1 aromatic rings. The summed E-state index contributed by atoms with van der Waals surface area (Å²) in [7, 11) is 3.70. The van der Waals surface area contributed by atoms with Gasteiger partial charge in [0.25, 0.3) is 0 Å². The summed E-state index contributed by atoms with van der Waals surface area (Å²) in [6.45, 7) is 6.04. The molecule has 3 nitrogen and oxygen atoms in total. The molecule has 0 spiro atoms. The van der Waals surface area contributed by atoms with Crippen molar-refractivity contribution in [3.63, 3.8) is 0 Å². The summed E-state index contributed by atoms with van der Waals surface area (Å²) in [4.78, 5) is 13.9. The first-order chi connectivity index (χ1) is 9.01. The highest BCUT2D eigenvalue weighted by atomic mass is 16.5. The molecule has 0 saturated carbocycles. The van der Waals surface area contributed by atoms with Crippen LogP contribution in [0.15, 0.2) is 24.3 Å². The van der Waals surface area contributed by atoms with Crippen molar-refractivity contribution < 1.29 is 9.53 Å². The molecule has 2 unspecified atom stereocenters. The van der Waals surface area contributed by atoms with Crippen molar-refractivity contribution in [2.75, 3.05) is 14.2 Å². The number of likely N-dealkylation sites (N-methyl/N-ethyl adjacent to an activating group) is 1. The highest BCUT2D eigenvalue weighted by Gasteiger charge is 2.21. The summed E-state index contributed by atoms with van der Waals surface area (Å²) in [5.41, 5.74) is 1.18. The van der Waals surface area contributed by atoms with Gasteiger partial charge >= 0.3 is 0 Å². The molecule has 0 aliphatic rings. The number of ether oxygens (including phenoxy) is 1. The summed E-state index contributed by atoms with van der Waals surface area (Å²) in [6.07, 6.45) is 1.47. The lowest BCUT2D eigenvalue weighted by atomic mass is 10.0. The van der Waals surface area contributed by atoms with E-state index in [0.29, 0.717) is 12.5 Å². The predicted molar refractivity (Wildman–Crippen MR) is 78.7 cm³/mol. The lowest BCUT2D eigenvalue weighted by Crippen LogP contribution is -2.42. The average molecular weight is 263 g/mol. The van der Waals surface area contributed by atoms with Gasteiger partial charge in [-0.1, -0.05) is 25.1 Å². The van der Waals surface area contributed by atoms with Crippen molar-refractivity contribution in [2.45, 2.75) is 45.7 Å². The fraction of sp³-hybridized carbons (Fsp3) is 0.562. The van der Waals surface area contributed by atoms with Gasteiger partial charge in [0.1, 0.15) is 11.5 Å². The number of methoxy groups -OCH3 is 1. The molecule has 0 aliphatic carbocycles. The van der Waals surface area contributed by atoms with Gasteiger partial charge in [0.15, 0.2) is 0 Å².